The molecule has 0 saturated heterocycles. The summed E-state index contributed by atoms with van der Waals surface area (Å²) in [5.41, 5.74) is 3.72. The van der Waals surface area contributed by atoms with Crippen LogP contribution < -0.4 is 5.32 Å². The third-order valence-corrected chi connectivity index (χ3v) is 4.46. The van der Waals surface area contributed by atoms with E-state index in [1.54, 1.807) is 0 Å². The maximum absolute atomic E-state index is 8.91. The van der Waals surface area contributed by atoms with E-state index in [2.05, 4.69) is 41.7 Å². The first-order chi connectivity index (χ1) is 10.2. The quantitative estimate of drug-likeness (QED) is 0.866. The van der Waals surface area contributed by atoms with Crippen LogP contribution in [-0.2, 0) is 6.42 Å². The highest BCUT2D eigenvalue weighted by Gasteiger charge is 2.29. The fourth-order valence-corrected chi connectivity index (χ4v) is 3.00. The Bertz CT molecular complexity index is 573. The average Bonchev–Trinajstić information content (AvgIpc) is 2.46. The van der Waals surface area contributed by atoms with Gasteiger partial charge in [-0.05, 0) is 60.6 Å². The van der Waals surface area contributed by atoms with Crippen LogP contribution in [0, 0.1) is 0 Å². The van der Waals surface area contributed by atoms with Crippen molar-refractivity contribution in [3.8, 4) is 0 Å². The summed E-state index contributed by atoms with van der Waals surface area (Å²) in [6.45, 7) is 0.207. The minimum absolute atomic E-state index is 0.207. The molecule has 1 fully saturated rings. The van der Waals surface area contributed by atoms with E-state index in [9.17, 15) is 0 Å². The van der Waals surface area contributed by atoms with Crippen LogP contribution in [0.25, 0.3) is 0 Å². The topological polar surface area (TPSA) is 32.3 Å². The minimum atomic E-state index is 0.207. The van der Waals surface area contributed by atoms with Crippen LogP contribution in [0.1, 0.15) is 29.9 Å². The lowest BCUT2D eigenvalue weighted by Gasteiger charge is -2.37. The van der Waals surface area contributed by atoms with Gasteiger partial charge in [-0.2, -0.15) is 0 Å². The summed E-state index contributed by atoms with van der Waals surface area (Å²) in [6, 6.07) is 17.1. The monoisotopic (exact) mass is 301 g/mol. The number of hydrogen-bond acceptors (Lipinski definition) is 2. The van der Waals surface area contributed by atoms with Crippen molar-refractivity contribution >= 4 is 17.3 Å². The predicted octanol–water partition coefficient (Wildman–Crippen LogP) is 4.23. The highest BCUT2D eigenvalue weighted by atomic mass is 35.5. The Hall–Kier alpha value is -1.51. The molecule has 1 aliphatic carbocycles. The molecule has 2 N–H and O–H groups in total. The Kier molecular flexibility index (Phi) is 4.47. The summed E-state index contributed by atoms with van der Waals surface area (Å²) in [4.78, 5) is 0. The van der Waals surface area contributed by atoms with E-state index in [-0.39, 0.29) is 6.61 Å². The fourth-order valence-electron chi connectivity index (χ4n) is 2.88. The molecule has 3 rings (SSSR count). The first-order valence-electron chi connectivity index (χ1n) is 7.46. The number of benzene rings is 2. The fraction of sp³-hybridized carbons (Fsp3) is 0.333. The number of nitrogens with one attached hydrogen (secondary N) is 1. The Morgan fingerprint density at radius 3 is 2.29 bits per heavy atom. The van der Waals surface area contributed by atoms with Gasteiger partial charge >= 0.3 is 0 Å². The van der Waals surface area contributed by atoms with Gasteiger partial charge in [0.2, 0.25) is 0 Å². The molecule has 0 aromatic heterocycles. The summed E-state index contributed by atoms with van der Waals surface area (Å²) >= 11 is 5.92. The summed E-state index contributed by atoms with van der Waals surface area (Å²) < 4.78 is 0. The number of halogens is 1. The molecule has 2 nitrogen and oxygen atoms in total. The highest BCUT2D eigenvalue weighted by molar-refractivity contribution is 6.30. The van der Waals surface area contributed by atoms with E-state index < -0.39 is 0 Å². The number of rotatable bonds is 5. The van der Waals surface area contributed by atoms with Crippen molar-refractivity contribution in [2.75, 3.05) is 11.9 Å². The van der Waals surface area contributed by atoms with Gasteiger partial charge in [0, 0.05) is 23.4 Å². The number of aliphatic hydroxyl groups is 1. The van der Waals surface area contributed by atoms with Gasteiger partial charge in [0.1, 0.15) is 0 Å². The van der Waals surface area contributed by atoms with Crippen LogP contribution in [0.2, 0.25) is 5.02 Å². The molecular formula is C18H20ClNO. The molecule has 21 heavy (non-hydrogen) atoms. The van der Waals surface area contributed by atoms with E-state index in [1.807, 2.05) is 12.1 Å². The van der Waals surface area contributed by atoms with Crippen molar-refractivity contribution < 1.29 is 5.11 Å². The predicted molar refractivity (Wildman–Crippen MR) is 88.1 cm³/mol. The van der Waals surface area contributed by atoms with Gasteiger partial charge < -0.3 is 10.4 Å². The maximum Gasteiger partial charge on any atom is 0.0471 e. The van der Waals surface area contributed by atoms with Crippen LogP contribution in [0.3, 0.4) is 0 Å². The second-order valence-electron chi connectivity index (χ2n) is 5.73. The molecule has 0 spiro atoms. The van der Waals surface area contributed by atoms with Crippen molar-refractivity contribution in [2.45, 2.75) is 31.2 Å². The summed E-state index contributed by atoms with van der Waals surface area (Å²) in [6.07, 6.45) is 3.06. The smallest absolute Gasteiger partial charge is 0.0471 e. The summed E-state index contributed by atoms with van der Waals surface area (Å²) in [5, 5.41) is 13.3. The van der Waals surface area contributed by atoms with Crippen molar-refractivity contribution in [3.63, 3.8) is 0 Å². The molecule has 1 aliphatic rings. The molecule has 0 bridgehead atoms. The molecule has 0 radical (unpaired) electrons. The van der Waals surface area contributed by atoms with Gasteiger partial charge in [-0.1, -0.05) is 35.9 Å². The van der Waals surface area contributed by atoms with Crippen LogP contribution in [0.4, 0.5) is 5.69 Å². The molecule has 2 aromatic rings. The normalized spacial score (nSPS) is 20.9. The van der Waals surface area contributed by atoms with Gasteiger partial charge in [0.15, 0.2) is 0 Å². The third kappa shape index (κ3) is 3.58. The molecule has 0 heterocycles. The second kappa shape index (κ2) is 6.50. The molecular weight excluding hydrogens is 282 g/mol. The van der Waals surface area contributed by atoms with Crippen molar-refractivity contribution in [2.24, 2.45) is 0 Å². The van der Waals surface area contributed by atoms with E-state index in [0.717, 1.165) is 17.1 Å². The van der Waals surface area contributed by atoms with Crippen LogP contribution in [0.15, 0.2) is 48.5 Å². The Morgan fingerprint density at radius 1 is 1.00 bits per heavy atom. The average molecular weight is 302 g/mol. The molecule has 0 amide bonds. The van der Waals surface area contributed by atoms with E-state index in [0.29, 0.717) is 12.0 Å². The van der Waals surface area contributed by atoms with Gasteiger partial charge in [-0.25, -0.2) is 0 Å². The number of anilines is 1. The Morgan fingerprint density at radius 2 is 1.67 bits per heavy atom. The molecule has 3 heteroatoms. The van der Waals surface area contributed by atoms with Gasteiger partial charge in [-0.15, -0.1) is 0 Å². The zero-order chi connectivity index (χ0) is 14.7. The lowest BCUT2D eigenvalue weighted by molar-refractivity contribution is 0.299. The van der Waals surface area contributed by atoms with E-state index in [4.69, 9.17) is 16.7 Å². The van der Waals surface area contributed by atoms with Crippen molar-refractivity contribution in [1.82, 2.24) is 0 Å². The van der Waals surface area contributed by atoms with Crippen molar-refractivity contribution in [3.05, 3.63) is 64.7 Å². The molecule has 1 saturated carbocycles. The summed E-state index contributed by atoms with van der Waals surface area (Å²) in [5.74, 6) is 0.647. The van der Waals surface area contributed by atoms with Crippen LogP contribution in [-0.4, -0.2) is 17.8 Å². The Balaban J connectivity index is 1.51. The van der Waals surface area contributed by atoms with Gasteiger partial charge in [0.25, 0.3) is 0 Å². The van der Waals surface area contributed by atoms with Crippen molar-refractivity contribution in [1.29, 1.82) is 0 Å². The highest BCUT2D eigenvalue weighted by Crippen LogP contribution is 2.38. The van der Waals surface area contributed by atoms with Crippen LogP contribution >= 0.6 is 11.6 Å². The summed E-state index contributed by atoms with van der Waals surface area (Å²) in [7, 11) is 0. The molecule has 0 atom stereocenters. The first kappa shape index (κ1) is 14.4. The molecule has 0 aliphatic heterocycles. The lowest BCUT2D eigenvalue weighted by Crippen LogP contribution is -2.33. The van der Waals surface area contributed by atoms with Gasteiger partial charge in [0.05, 0.1) is 0 Å². The lowest BCUT2D eigenvalue weighted by atomic mass is 9.76. The number of aliphatic hydroxyl groups excluding tert-OH is 1. The molecule has 2 aromatic carbocycles. The van der Waals surface area contributed by atoms with E-state index in [1.165, 1.54) is 24.0 Å². The van der Waals surface area contributed by atoms with Gasteiger partial charge in [-0.3, -0.25) is 0 Å². The second-order valence-corrected chi connectivity index (χ2v) is 6.17. The van der Waals surface area contributed by atoms with Crippen LogP contribution in [0.5, 0.6) is 0 Å². The third-order valence-electron chi connectivity index (χ3n) is 4.20. The minimum Gasteiger partial charge on any atom is -0.396 e. The zero-order valence-electron chi connectivity index (χ0n) is 11.9. The van der Waals surface area contributed by atoms with E-state index >= 15 is 0 Å². The zero-order valence-corrected chi connectivity index (χ0v) is 12.7. The number of hydrogen-bond donors (Lipinski definition) is 2. The first-order valence-corrected chi connectivity index (χ1v) is 7.84. The maximum atomic E-state index is 8.91. The standard InChI is InChI=1S/C18H20ClNO/c19-16-5-3-14(4-6-16)15-11-18(12-15)20-17-7-1-13(2-8-17)9-10-21/h1-8,15,18,20-21H,9-12H2. The largest absolute Gasteiger partial charge is 0.396 e. The Labute approximate surface area is 130 Å². The molecule has 0 unspecified atom stereocenters. The molecule has 110 valence electrons. The SMILES string of the molecule is OCCc1ccc(NC2CC(c3ccc(Cl)cc3)C2)cc1.